The molecule has 1 unspecified atom stereocenters. The SMILES string of the molecule is Cc1[nH]c2ccccc2c1NC(=O)C(N)CC(=O)O. The van der Waals surface area contributed by atoms with E-state index in [9.17, 15) is 9.59 Å². The number of nitrogens with two attached hydrogens (primary N) is 1. The highest BCUT2D eigenvalue weighted by Crippen LogP contribution is 2.26. The maximum atomic E-state index is 11.8. The lowest BCUT2D eigenvalue weighted by atomic mass is 10.2. The highest BCUT2D eigenvalue weighted by Gasteiger charge is 2.19. The van der Waals surface area contributed by atoms with E-state index in [-0.39, 0.29) is 0 Å². The van der Waals surface area contributed by atoms with Crippen LogP contribution >= 0.6 is 0 Å². The number of rotatable bonds is 4. The fraction of sp³-hybridized carbons (Fsp3) is 0.231. The van der Waals surface area contributed by atoms with E-state index in [1.54, 1.807) is 0 Å². The van der Waals surface area contributed by atoms with Gasteiger partial charge in [0.2, 0.25) is 5.91 Å². The maximum Gasteiger partial charge on any atom is 0.305 e. The second-order valence-corrected chi connectivity index (χ2v) is 4.36. The predicted octanol–water partition coefficient (Wildman–Crippen LogP) is 1.22. The Hall–Kier alpha value is -2.34. The molecule has 6 heteroatoms. The molecule has 2 rings (SSSR count). The molecule has 0 saturated carbocycles. The quantitative estimate of drug-likeness (QED) is 0.663. The number of hydrogen-bond donors (Lipinski definition) is 4. The van der Waals surface area contributed by atoms with Gasteiger partial charge in [-0.3, -0.25) is 9.59 Å². The average Bonchev–Trinajstić information content (AvgIpc) is 2.65. The summed E-state index contributed by atoms with van der Waals surface area (Å²) in [6, 6.07) is 6.46. The molecule has 0 saturated heterocycles. The lowest BCUT2D eigenvalue weighted by Crippen LogP contribution is -2.37. The van der Waals surface area contributed by atoms with Crippen LogP contribution in [0.2, 0.25) is 0 Å². The van der Waals surface area contributed by atoms with Gasteiger partial charge in [0.05, 0.1) is 18.2 Å². The minimum absolute atomic E-state index is 0.396. The number of amides is 1. The number of carboxylic acids is 1. The van der Waals surface area contributed by atoms with E-state index in [0.717, 1.165) is 16.6 Å². The number of H-pyrrole nitrogens is 1. The number of carbonyl (C=O) groups is 2. The van der Waals surface area contributed by atoms with Crippen LogP contribution in [0.5, 0.6) is 0 Å². The van der Waals surface area contributed by atoms with Crippen LogP contribution in [-0.4, -0.2) is 28.0 Å². The highest BCUT2D eigenvalue weighted by molar-refractivity contribution is 6.05. The van der Waals surface area contributed by atoms with Gasteiger partial charge in [0, 0.05) is 16.6 Å². The van der Waals surface area contributed by atoms with Crippen LogP contribution in [0.1, 0.15) is 12.1 Å². The Morgan fingerprint density at radius 1 is 1.42 bits per heavy atom. The molecule has 0 aliphatic rings. The van der Waals surface area contributed by atoms with Gasteiger partial charge < -0.3 is 21.1 Å². The van der Waals surface area contributed by atoms with Crippen LogP contribution in [0.4, 0.5) is 5.69 Å². The van der Waals surface area contributed by atoms with Crippen molar-refractivity contribution in [2.45, 2.75) is 19.4 Å². The van der Waals surface area contributed by atoms with Crippen molar-refractivity contribution in [2.24, 2.45) is 5.73 Å². The minimum atomic E-state index is -1.10. The minimum Gasteiger partial charge on any atom is -0.481 e. The first-order valence-electron chi connectivity index (χ1n) is 5.84. The number of nitrogens with one attached hydrogen (secondary N) is 2. The van der Waals surface area contributed by atoms with Gasteiger partial charge in [-0.25, -0.2) is 0 Å². The van der Waals surface area contributed by atoms with Gasteiger partial charge in [-0.1, -0.05) is 18.2 Å². The van der Waals surface area contributed by atoms with E-state index in [1.165, 1.54) is 0 Å². The van der Waals surface area contributed by atoms with E-state index >= 15 is 0 Å². The van der Waals surface area contributed by atoms with Crippen molar-refractivity contribution in [3.05, 3.63) is 30.0 Å². The molecule has 0 aliphatic carbocycles. The summed E-state index contributed by atoms with van der Waals surface area (Å²) in [6.45, 7) is 1.83. The van der Waals surface area contributed by atoms with E-state index in [2.05, 4.69) is 10.3 Å². The Balaban J connectivity index is 2.24. The smallest absolute Gasteiger partial charge is 0.305 e. The monoisotopic (exact) mass is 261 g/mol. The first-order valence-corrected chi connectivity index (χ1v) is 5.84. The van der Waals surface area contributed by atoms with Crippen molar-refractivity contribution in [2.75, 3.05) is 5.32 Å². The zero-order chi connectivity index (χ0) is 14.0. The third-order valence-corrected chi connectivity index (χ3v) is 2.87. The molecule has 2 aromatic rings. The third kappa shape index (κ3) is 2.74. The van der Waals surface area contributed by atoms with E-state index in [0.29, 0.717) is 5.69 Å². The molecule has 0 spiro atoms. The molecule has 1 heterocycles. The van der Waals surface area contributed by atoms with Gasteiger partial charge >= 0.3 is 5.97 Å². The number of aromatic nitrogens is 1. The largest absolute Gasteiger partial charge is 0.481 e. The van der Waals surface area contributed by atoms with Gasteiger partial charge in [-0.2, -0.15) is 0 Å². The molecular formula is C13H15N3O3. The van der Waals surface area contributed by atoms with E-state index in [4.69, 9.17) is 10.8 Å². The van der Waals surface area contributed by atoms with Crippen LogP contribution in [0.15, 0.2) is 24.3 Å². The number of fused-ring (bicyclic) bond motifs is 1. The lowest BCUT2D eigenvalue weighted by molar-refractivity contribution is -0.138. The zero-order valence-electron chi connectivity index (χ0n) is 10.4. The normalized spacial score (nSPS) is 12.3. The number of carbonyl (C=O) groups excluding carboxylic acids is 1. The van der Waals surface area contributed by atoms with Gasteiger partial charge in [0.15, 0.2) is 0 Å². The first-order chi connectivity index (χ1) is 8.99. The molecule has 6 nitrogen and oxygen atoms in total. The van der Waals surface area contributed by atoms with Gasteiger partial charge in [-0.05, 0) is 13.0 Å². The summed E-state index contributed by atoms with van der Waals surface area (Å²) >= 11 is 0. The summed E-state index contributed by atoms with van der Waals surface area (Å²) in [5, 5.41) is 12.2. The molecule has 1 atom stereocenters. The van der Waals surface area contributed by atoms with Gasteiger partial charge in [-0.15, -0.1) is 0 Å². The molecule has 0 fully saturated rings. The molecule has 5 N–H and O–H groups in total. The molecule has 0 bridgehead atoms. The fourth-order valence-electron chi connectivity index (χ4n) is 1.93. The molecule has 1 amide bonds. The van der Waals surface area contributed by atoms with Crippen molar-refractivity contribution >= 4 is 28.5 Å². The lowest BCUT2D eigenvalue weighted by Gasteiger charge is -2.10. The second kappa shape index (κ2) is 5.11. The highest BCUT2D eigenvalue weighted by atomic mass is 16.4. The topological polar surface area (TPSA) is 108 Å². The Kier molecular flexibility index (Phi) is 3.52. The zero-order valence-corrected chi connectivity index (χ0v) is 10.4. The van der Waals surface area contributed by atoms with Crippen molar-refractivity contribution in [1.82, 2.24) is 4.98 Å². The Morgan fingerprint density at radius 2 is 2.11 bits per heavy atom. The molecule has 100 valence electrons. The van der Waals surface area contributed by atoms with Crippen molar-refractivity contribution in [1.29, 1.82) is 0 Å². The van der Waals surface area contributed by atoms with Crippen molar-refractivity contribution in [3.63, 3.8) is 0 Å². The van der Waals surface area contributed by atoms with Crippen molar-refractivity contribution < 1.29 is 14.7 Å². The van der Waals surface area contributed by atoms with Gasteiger partial charge in [0.25, 0.3) is 0 Å². The molecular weight excluding hydrogens is 246 g/mol. The van der Waals surface area contributed by atoms with E-state index < -0.39 is 24.3 Å². The number of carboxylic acid groups (broad SMARTS) is 1. The van der Waals surface area contributed by atoms with Crippen LogP contribution in [0.3, 0.4) is 0 Å². The number of aromatic amines is 1. The average molecular weight is 261 g/mol. The number of aryl methyl sites for hydroxylation is 1. The standard InChI is InChI=1S/C13H15N3O3/c1-7-12(8-4-2-3-5-10(8)15-7)16-13(19)9(14)6-11(17)18/h2-5,9,15H,6,14H2,1H3,(H,16,19)(H,17,18). The summed E-state index contributed by atoms with van der Waals surface area (Å²) in [6.07, 6.45) is -0.396. The van der Waals surface area contributed by atoms with Gasteiger partial charge in [0.1, 0.15) is 0 Å². The number of para-hydroxylation sites is 1. The molecule has 0 aliphatic heterocycles. The molecule has 19 heavy (non-hydrogen) atoms. The first kappa shape index (κ1) is 13.1. The fourth-order valence-corrected chi connectivity index (χ4v) is 1.93. The number of hydrogen-bond acceptors (Lipinski definition) is 3. The maximum absolute atomic E-state index is 11.8. The summed E-state index contributed by atoms with van der Waals surface area (Å²) < 4.78 is 0. The molecule has 1 aromatic heterocycles. The molecule has 0 radical (unpaired) electrons. The summed E-state index contributed by atoms with van der Waals surface area (Å²) in [5.41, 5.74) is 7.87. The van der Waals surface area contributed by atoms with Crippen LogP contribution in [0.25, 0.3) is 10.9 Å². The molecule has 1 aromatic carbocycles. The predicted molar refractivity (Wildman–Crippen MR) is 71.9 cm³/mol. The van der Waals surface area contributed by atoms with Crippen LogP contribution in [-0.2, 0) is 9.59 Å². The Morgan fingerprint density at radius 3 is 2.79 bits per heavy atom. The summed E-state index contributed by atoms with van der Waals surface area (Å²) in [4.78, 5) is 25.5. The van der Waals surface area contributed by atoms with Crippen LogP contribution in [0, 0.1) is 6.92 Å². The Bertz CT molecular complexity index is 633. The summed E-state index contributed by atoms with van der Waals surface area (Å²) in [7, 11) is 0. The number of aliphatic carboxylic acids is 1. The van der Waals surface area contributed by atoms with E-state index in [1.807, 2.05) is 31.2 Å². The second-order valence-electron chi connectivity index (χ2n) is 4.36. The summed E-state index contributed by atoms with van der Waals surface area (Å²) in [5.74, 6) is -1.60. The number of anilines is 1. The Labute approximate surface area is 109 Å². The number of benzene rings is 1. The van der Waals surface area contributed by atoms with Crippen LogP contribution < -0.4 is 11.1 Å². The van der Waals surface area contributed by atoms with Crippen molar-refractivity contribution in [3.8, 4) is 0 Å². The third-order valence-electron chi connectivity index (χ3n) is 2.87.